The summed E-state index contributed by atoms with van der Waals surface area (Å²) in [5.74, 6) is -0.300. The zero-order valence-corrected chi connectivity index (χ0v) is 20.5. The SMILES string of the molecule is COC(=O)C(C)(C)c1ccc(CNc2cccc(-c3c(C)cnc4c(C(F)(F)F)cccc34)c2)cc1. The van der Waals surface area contributed by atoms with Crippen LogP contribution in [-0.2, 0) is 27.7 Å². The molecule has 0 atom stereocenters. The van der Waals surface area contributed by atoms with Gasteiger partial charge in [-0.15, -0.1) is 0 Å². The zero-order valence-electron chi connectivity index (χ0n) is 20.5. The first kappa shape index (κ1) is 25.2. The van der Waals surface area contributed by atoms with Gasteiger partial charge in [0, 0.05) is 23.8 Å². The van der Waals surface area contributed by atoms with Gasteiger partial charge in [0.2, 0.25) is 0 Å². The van der Waals surface area contributed by atoms with E-state index in [9.17, 15) is 18.0 Å². The van der Waals surface area contributed by atoms with Crippen LogP contribution in [0.3, 0.4) is 0 Å². The van der Waals surface area contributed by atoms with E-state index in [1.807, 2.05) is 69.3 Å². The van der Waals surface area contributed by atoms with Crippen LogP contribution in [0.4, 0.5) is 18.9 Å². The Kier molecular flexibility index (Phi) is 6.76. The second kappa shape index (κ2) is 9.64. The first-order valence-corrected chi connectivity index (χ1v) is 11.5. The number of esters is 1. The molecule has 0 aliphatic heterocycles. The molecule has 0 amide bonds. The lowest BCUT2D eigenvalue weighted by atomic mass is 9.84. The molecule has 0 bridgehead atoms. The Morgan fingerprint density at radius 2 is 1.69 bits per heavy atom. The number of carbonyl (C=O) groups excluding carboxylic acids is 1. The highest BCUT2D eigenvalue weighted by atomic mass is 19.4. The topological polar surface area (TPSA) is 51.2 Å². The van der Waals surface area contributed by atoms with Gasteiger partial charge in [0.25, 0.3) is 0 Å². The highest BCUT2D eigenvalue weighted by Crippen LogP contribution is 2.38. The van der Waals surface area contributed by atoms with Crippen LogP contribution >= 0.6 is 0 Å². The average molecular weight is 493 g/mol. The first-order chi connectivity index (χ1) is 17.0. The minimum Gasteiger partial charge on any atom is -0.468 e. The number of methoxy groups -OCH3 is 1. The number of hydrogen-bond donors (Lipinski definition) is 1. The van der Waals surface area contributed by atoms with Crippen LogP contribution in [0, 0.1) is 6.92 Å². The molecule has 0 aliphatic rings. The third-order valence-electron chi connectivity index (χ3n) is 6.41. The summed E-state index contributed by atoms with van der Waals surface area (Å²) in [7, 11) is 1.38. The molecule has 1 N–H and O–H groups in total. The van der Waals surface area contributed by atoms with E-state index in [1.165, 1.54) is 19.4 Å². The average Bonchev–Trinajstić information content (AvgIpc) is 2.86. The first-order valence-electron chi connectivity index (χ1n) is 11.5. The maximum Gasteiger partial charge on any atom is 0.418 e. The monoisotopic (exact) mass is 492 g/mol. The molecule has 186 valence electrons. The molecule has 7 heteroatoms. The number of carbonyl (C=O) groups is 1. The predicted octanol–water partition coefficient (Wildman–Crippen LogP) is 7.29. The van der Waals surface area contributed by atoms with Crippen LogP contribution in [0.2, 0.25) is 0 Å². The van der Waals surface area contributed by atoms with Gasteiger partial charge in [0.1, 0.15) is 0 Å². The van der Waals surface area contributed by atoms with E-state index in [-0.39, 0.29) is 11.5 Å². The fourth-order valence-electron chi connectivity index (χ4n) is 4.34. The number of nitrogens with zero attached hydrogens (tertiary/aromatic N) is 1. The third-order valence-corrected chi connectivity index (χ3v) is 6.41. The number of ether oxygens (including phenoxy) is 1. The zero-order chi connectivity index (χ0) is 26.1. The molecular formula is C29H27F3N2O2. The van der Waals surface area contributed by atoms with Crippen molar-refractivity contribution in [1.29, 1.82) is 0 Å². The number of aromatic nitrogens is 1. The summed E-state index contributed by atoms with van der Waals surface area (Å²) in [6, 6.07) is 19.5. The fraction of sp³-hybridized carbons (Fsp3) is 0.241. The Hall–Kier alpha value is -3.87. The van der Waals surface area contributed by atoms with E-state index in [0.717, 1.165) is 39.6 Å². The van der Waals surface area contributed by atoms with Crippen molar-refractivity contribution < 1.29 is 22.7 Å². The Balaban J connectivity index is 1.60. The lowest BCUT2D eigenvalue weighted by Gasteiger charge is -2.22. The quantitative estimate of drug-likeness (QED) is 0.287. The van der Waals surface area contributed by atoms with Gasteiger partial charge >= 0.3 is 12.1 Å². The second-order valence-corrected chi connectivity index (χ2v) is 9.26. The van der Waals surface area contributed by atoms with Gasteiger partial charge in [-0.05, 0) is 66.8 Å². The number of anilines is 1. The molecule has 4 rings (SSSR count). The van der Waals surface area contributed by atoms with Gasteiger partial charge < -0.3 is 10.1 Å². The summed E-state index contributed by atoms with van der Waals surface area (Å²) in [5, 5.41) is 3.84. The molecule has 1 heterocycles. The number of alkyl halides is 3. The maximum absolute atomic E-state index is 13.6. The van der Waals surface area contributed by atoms with E-state index in [0.29, 0.717) is 11.9 Å². The number of nitrogens with one attached hydrogen (secondary N) is 1. The summed E-state index contributed by atoms with van der Waals surface area (Å²) in [5.41, 5.74) is 3.50. The van der Waals surface area contributed by atoms with Crippen molar-refractivity contribution in [1.82, 2.24) is 4.98 Å². The largest absolute Gasteiger partial charge is 0.468 e. The Morgan fingerprint density at radius 3 is 2.36 bits per heavy atom. The van der Waals surface area contributed by atoms with Gasteiger partial charge in [-0.2, -0.15) is 13.2 Å². The van der Waals surface area contributed by atoms with Crippen LogP contribution in [0.5, 0.6) is 0 Å². The summed E-state index contributed by atoms with van der Waals surface area (Å²) in [4.78, 5) is 16.2. The molecule has 0 unspecified atom stereocenters. The molecule has 1 aromatic heterocycles. The lowest BCUT2D eigenvalue weighted by molar-refractivity contribution is -0.146. The molecule has 36 heavy (non-hydrogen) atoms. The van der Waals surface area contributed by atoms with Crippen LogP contribution in [0.15, 0.2) is 72.9 Å². The minimum atomic E-state index is -4.48. The van der Waals surface area contributed by atoms with E-state index in [2.05, 4.69) is 10.3 Å². The number of halogens is 3. The van der Waals surface area contributed by atoms with Crippen molar-refractivity contribution >= 4 is 22.6 Å². The molecular weight excluding hydrogens is 465 g/mol. The smallest absolute Gasteiger partial charge is 0.418 e. The number of pyridine rings is 1. The van der Waals surface area contributed by atoms with Crippen LogP contribution in [0.1, 0.15) is 36.1 Å². The van der Waals surface area contributed by atoms with Crippen LogP contribution < -0.4 is 5.32 Å². The highest BCUT2D eigenvalue weighted by molar-refractivity contribution is 5.98. The summed E-state index contributed by atoms with van der Waals surface area (Å²) in [6.45, 7) is 6.02. The fourth-order valence-corrected chi connectivity index (χ4v) is 4.34. The molecule has 0 fully saturated rings. The molecule has 4 aromatic rings. The second-order valence-electron chi connectivity index (χ2n) is 9.26. The number of benzene rings is 3. The van der Waals surface area contributed by atoms with Gasteiger partial charge in [-0.1, -0.05) is 48.5 Å². The summed E-state index contributed by atoms with van der Waals surface area (Å²) < 4.78 is 45.6. The molecule has 0 spiro atoms. The van der Waals surface area contributed by atoms with Crippen molar-refractivity contribution in [2.24, 2.45) is 0 Å². The van der Waals surface area contributed by atoms with Gasteiger partial charge in [0.15, 0.2) is 0 Å². The van der Waals surface area contributed by atoms with E-state index < -0.39 is 17.2 Å². The Labute approximate surface area is 208 Å². The van der Waals surface area contributed by atoms with Crippen molar-refractivity contribution in [3.63, 3.8) is 0 Å². The normalized spacial score (nSPS) is 12.0. The molecule has 3 aromatic carbocycles. The number of rotatable bonds is 6. The van der Waals surface area contributed by atoms with E-state index in [4.69, 9.17) is 4.74 Å². The Bertz CT molecular complexity index is 1410. The van der Waals surface area contributed by atoms with Gasteiger partial charge in [0.05, 0.1) is 23.6 Å². The van der Waals surface area contributed by atoms with E-state index in [1.54, 1.807) is 6.07 Å². The van der Waals surface area contributed by atoms with E-state index >= 15 is 0 Å². The highest BCUT2D eigenvalue weighted by Gasteiger charge is 2.33. The third kappa shape index (κ3) is 4.91. The van der Waals surface area contributed by atoms with Gasteiger partial charge in [-0.25, -0.2) is 0 Å². The van der Waals surface area contributed by atoms with Crippen LogP contribution in [0.25, 0.3) is 22.0 Å². The maximum atomic E-state index is 13.6. The molecule has 4 nitrogen and oxygen atoms in total. The number of hydrogen-bond acceptors (Lipinski definition) is 4. The van der Waals surface area contributed by atoms with Crippen molar-refractivity contribution in [3.8, 4) is 11.1 Å². The molecule has 0 aliphatic carbocycles. The summed E-state index contributed by atoms with van der Waals surface area (Å²) >= 11 is 0. The van der Waals surface area contributed by atoms with Crippen LogP contribution in [-0.4, -0.2) is 18.1 Å². The predicted molar refractivity (Wildman–Crippen MR) is 136 cm³/mol. The minimum absolute atomic E-state index is 0.0565. The number of fused-ring (bicyclic) bond motifs is 1. The van der Waals surface area contributed by atoms with Crippen molar-refractivity contribution in [3.05, 3.63) is 95.2 Å². The van der Waals surface area contributed by atoms with Crippen molar-refractivity contribution in [2.75, 3.05) is 12.4 Å². The molecule has 0 saturated heterocycles. The molecule has 0 radical (unpaired) electrons. The standard InChI is InChI=1S/C29H27F3N2O2/c1-18-16-34-26-23(9-6-10-24(26)29(30,31)32)25(18)20-7-5-8-22(15-20)33-17-19-11-13-21(14-12-19)28(2,3)27(35)36-4/h5-16,33H,17H2,1-4H3. The number of aryl methyl sites for hydroxylation is 1. The lowest BCUT2D eigenvalue weighted by Crippen LogP contribution is -2.30. The Morgan fingerprint density at radius 1 is 1.00 bits per heavy atom. The van der Waals surface area contributed by atoms with Crippen molar-refractivity contribution in [2.45, 2.75) is 38.9 Å². The summed E-state index contributed by atoms with van der Waals surface area (Å²) in [6.07, 6.45) is -2.99. The number of para-hydroxylation sites is 1. The molecule has 0 saturated carbocycles. The van der Waals surface area contributed by atoms with Gasteiger partial charge in [-0.3, -0.25) is 9.78 Å².